The molecular weight excluding hydrogens is 201 g/mol. The largest absolute Gasteiger partial charge is 0.380 e. The highest BCUT2D eigenvalue weighted by Crippen LogP contribution is 2.23. The fourth-order valence-corrected chi connectivity index (χ4v) is 1.21. The van der Waals surface area contributed by atoms with Crippen LogP contribution in [0, 0.1) is 12.7 Å². The van der Waals surface area contributed by atoms with Gasteiger partial charge in [-0.1, -0.05) is 5.23 Å². The van der Waals surface area contributed by atoms with E-state index in [1.54, 1.807) is 13.0 Å². The third-order valence-electron chi connectivity index (χ3n) is 2.03. The Labute approximate surface area is 85.6 Å². The average molecular weight is 211 g/mol. The maximum Gasteiger partial charge on any atom is 0.176 e. The van der Waals surface area contributed by atoms with Gasteiger partial charge >= 0.3 is 0 Å². The number of rotatable bonds is 1. The van der Waals surface area contributed by atoms with E-state index in [1.807, 2.05) is 0 Å². The predicted octanol–water partition coefficient (Wildman–Crippen LogP) is 1.25. The molecule has 3 N–H and O–H groups in total. The van der Waals surface area contributed by atoms with Crippen molar-refractivity contribution in [2.45, 2.75) is 6.92 Å². The molecule has 0 fully saturated rings. The molecule has 6 heteroatoms. The van der Waals surface area contributed by atoms with Crippen LogP contribution in [0.5, 0.6) is 0 Å². The molecule has 0 saturated heterocycles. The van der Waals surface area contributed by atoms with E-state index in [4.69, 9.17) is 15.9 Å². The van der Waals surface area contributed by atoms with Crippen molar-refractivity contribution in [2.24, 2.45) is 5.73 Å². The number of anilines is 1. The summed E-state index contributed by atoms with van der Waals surface area (Å²) in [7, 11) is 0. The summed E-state index contributed by atoms with van der Waals surface area (Å²) in [5, 5.41) is 10.7. The van der Waals surface area contributed by atoms with Crippen LogP contribution in [0.1, 0.15) is 5.56 Å². The van der Waals surface area contributed by atoms with Crippen LogP contribution < -0.4 is 10.8 Å². The topological polar surface area (TPSA) is 62.0 Å². The number of nitrogens with zero attached hydrogens (tertiary/aromatic N) is 2. The lowest BCUT2D eigenvalue weighted by Gasteiger charge is -2.15. The standard InChI is InChI=1S/C9H10FN3O2/c1-6-4-7(2-3-8(6)10)12-5-9(11)13(14)15-12/h2-5,14H,11H2,1H3. The van der Waals surface area contributed by atoms with E-state index in [0.29, 0.717) is 16.5 Å². The van der Waals surface area contributed by atoms with Gasteiger partial charge in [-0.15, -0.1) is 4.94 Å². The number of halogens is 1. The van der Waals surface area contributed by atoms with E-state index < -0.39 is 0 Å². The third-order valence-corrected chi connectivity index (χ3v) is 2.03. The first-order valence-corrected chi connectivity index (χ1v) is 4.27. The van der Waals surface area contributed by atoms with Crippen molar-refractivity contribution in [3.8, 4) is 0 Å². The van der Waals surface area contributed by atoms with Crippen LogP contribution in [0.4, 0.5) is 10.1 Å². The number of benzene rings is 1. The Morgan fingerprint density at radius 1 is 1.47 bits per heavy atom. The summed E-state index contributed by atoms with van der Waals surface area (Å²) in [5.41, 5.74) is 6.43. The van der Waals surface area contributed by atoms with Gasteiger partial charge in [-0.25, -0.2) is 4.39 Å². The molecule has 15 heavy (non-hydrogen) atoms. The van der Waals surface area contributed by atoms with Crippen LogP contribution in [0.15, 0.2) is 30.2 Å². The zero-order valence-electron chi connectivity index (χ0n) is 8.01. The molecule has 1 aromatic carbocycles. The number of hydrogen-bond donors (Lipinski definition) is 2. The van der Waals surface area contributed by atoms with Crippen LogP contribution in [-0.2, 0) is 4.94 Å². The monoisotopic (exact) mass is 211 g/mol. The van der Waals surface area contributed by atoms with Gasteiger partial charge in [0, 0.05) is 0 Å². The fraction of sp³-hybridized carbons (Fsp3) is 0.111. The molecule has 0 aromatic heterocycles. The minimum absolute atomic E-state index is 0.0528. The zero-order valence-corrected chi connectivity index (χ0v) is 8.01. The van der Waals surface area contributed by atoms with Gasteiger partial charge in [-0.3, -0.25) is 5.21 Å². The van der Waals surface area contributed by atoms with Gasteiger partial charge in [-0.2, -0.15) is 5.06 Å². The molecule has 2 rings (SSSR count). The van der Waals surface area contributed by atoms with E-state index in [0.717, 1.165) is 0 Å². The summed E-state index contributed by atoms with van der Waals surface area (Å²) in [6, 6.07) is 4.42. The minimum atomic E-state index is -0.296. The Bertz CT molecular complexity index is 422. The van der Waals surface area contributed by atoms with Crippen molar-refractivity contribution in [3.05, 3.63) is 41.6 Å². The maximum atomic E-state index is 13.0. The molecule has 0 aliphatic carbocycles. The molecule has 1 aliphatic heterocycles. The summed E-state index contributed by atoms with van der Waals surface area (Å²) in [6.45, 7) is 1.64. The Kier molecular flexibility index (Phi) is 2.22. The highest BCUT2D eigenvalue weighted by Gasteiger charge is 2.20. The van der Waals surface area contributed by atoms with Crippen molar-refractivity contribution >= 4 is 5.69 Å². The fourth-order valence-electron chi connectivity index (χ4n) is 1.21. The maximum absolute atomic E-state index is 13.0. The highest BCUT2D eigenvalue weighted by molar-refractivity contribution is 5.49. The molecule has 0 amide bonds. The Morgan fingerprint density at radius 2 is 2.20 bits per heavy atom. The van der Waals surface area contributed by atoms with Crippen LogP contribution >= 0.6 is 0 Å². The third kappa shape index (κ3) is 1.72. The van der Waals surface area contributed by atoms with Crippen LogP contribution in [0.2, 0.25) is 0 Å². The molecule has 0 unspecified atom stereocenters. The molecule has 0 spiro atoms. The van der Waals surface area contributed by atoms with Crippen LogP contribution in [-0.4, -0.2) is 10.4 Å². The van der Waals surface area contributed by atoms with E-state index in [9.17, 15) is 4.39 Å². The predicted molar refractivity (Wildman–Crippen MR) is 50.6 cm³/mol. The van der Waals surface area contributed by atoms with E-state index in [1.165, 1.54) is 23.4 Å². The van der Waals surface area contributed by atoms with Gasteiger partial charge in [0.1, 0.15) is 5.82 Å². The second-order valence-corrected chi connectivity index (χ2v) is 3.17. The van der Waals surface area contributed by atoms with Crippen molar-refractivity contribution in [1.29, 1.82) is 0 Å². The normalized spacial score (nSPS) is 15.8. The minimum Gasteiger partial charge on any atom is -0.380 e. The zero-order chi connectivity index (χ0) is 11.0. The Hall–Kier alpha value is -1.79. The first-order chi connectivity index (χ1) is 7.08. The molecule has 1 aromatic rings. The first-order valence-electron chi connectivity index (χ1n) is 4.27. The van der Waals surface area contributed by atoms with Crippen LogP contribution in [0.25, 0.3) is 0 Å². The van der Waals surface area contributed by atoms with Gasteiger partial charge in [0.15, 0.2) is 5.82 Å². The molecule has 0 saturated carbocycles. The lowest BCUT2D eigenvalue weighted by molar-refractivity contribution is -0.304. The summed E-state index contributed by atoms with van der Waals surface area (Å²) < 4.78 is 13.0. The van der Waals surface area contributed by atoms with Crippen molar-refractivity contribution in [2.75, 3.05) is 5.06 Å². The molecule has 5 nitrogen and oxygen atoms in total. The molecule has 0 bridgehead atoms. The highest BCUT2D eigenvalue weighted by atomic mass is 19.1. The van der Waals surface area contributed by atoms with E-state index >= 15 is 0 Å². The Morgan fingerprint density at radius 3 is 2.73 bits per heavy atom. The van der Waals surface area contributed by atoms with Crippen molar-refractivity contribution in [3.63, 3.8) is 0 Å². The van der Waals surface area contributed by atoms with E-state index in [2.05, 4.69) is 0 Å². The van der Waals surface area contributed by atoms with Crippen molar-refractivity contribution < 1.29 is 14.5 Å². The SMILES string of the molecule is Cc1cc(N2C=C(N)N(O)O2)ccc1F. The molecule has 0 atom stereocenters. The molecular formula is C9H10FN3O2. The second kappa shape index (κ2) is 3.41. The summed E-state index contributed by atoms with van der Waals surface area (Å²) in [5.74, 6) is -0.243. The first kappa shape index (κ1) is 9.75. The number of hydroxylamine groups is 3. The van der Waals surface area contributed by atoms with Gasteiger partial charge in [0.25, 0.3) is 0 Å². The summed E-state index contributed by atoms with van der Waals surface area (Å²) >= 11 is 0. The van der Waals surface area contributed by atoms with Crippen molar-refractivity contribution in [1.82, 2.24) is 5.23 Å². The van der Waals surface area contributed by atoms with Gasteiger partial charge in [0.05, 0.1) is 11.9 Å². The molecule has 1 heterocycles. The lowest BCUT2D eigenvalue weighted by atomic mass is 10.2. The lowest BCUT2D eigenvalue weighted by Crippen LogP contribution is -2.22. The molecule has 80 valence electrons. The molecule has 0 radical (unpaired) electrons. The van der Waals surface area contributed by atoms with E-state index in [-0.39, 0.29) is 11.6 Å². The Balaban J connectivity index is 2.28. The number of aryl methyl sites for hydroxylation is 1. The van der Waals surface area contributed by atoms with Gasteiger partial charge in [0.2, 0.25) is 0 Å². The quantitative estimate of drug-likeness (QED) is 0.732. The number of hydrogen-bond acceptors (Lipinski definition) is 5. The number of nitrogens with two attached hydrogens (primary N) is 1. The smallest absolute Gasteiger partial charge is 0.176 e. The van der Waals surface area contributed by atoms with Gasteiger partial charge in [-0.05, 0) is 30.7 Å². The average Bonchev–Trinajstić information content (AvgIpc) is 2.52. The summed E-state index contributed by atoms with van der Waals surface area (Å²) in [6.07, 6.45) is 1.38. The second-order valence-electron chi connectivity index (χ2n) is 3.17. The van der Waals surface area contributed by atoms with Crippen LogP contribution in [0.3, 0.4) is 0 Å². The van der Waals surface area contributed by atoms with Gasteiger partial charge < -0.3 is 5.73 Å². The summed E-state index contributed by atoms with van der Waals surface area (Å²) in [4.78, 5) is 4.84. The molecule has 1 aliphatic rings.